The van der Waals surface area contributed by atoms with Crippen molar-refractivity contribution in [2.45, 2.75) is 57.5 Å². The molecule has 0 aliphatic carbocycles. The minimum absolute atomic E-state index is 0.731. The van der Waals surface area contributed by atoms with Gasteiger partial charge in [0.25, 0.3) is 0 Å². The molecule has 4 nitrogen and oxygen atoms in total. The molecule has 0 radical (unpaired) electrons. The molecule has 4 aromatic carbocycles. The molecule has 0 aliphatic rings. The molecule has 0 fully saturated rings. The first-order valence-corrected chi connectivity index (χ1v) is 14.8. The summed E-state index contributed by atoms with van der Waals surface area (Å²) < 4.78 is 0. The van der Waals surface area contributed by atoms with Crippen molar-refractivity contribution >= 4 is 0 Å². The van der Waals surface area contributed by atoms with Crippen LogP contribution in [0.2, 0.25) is 0 Å². The number of rotatable bonds is 4. The van der Waals surface area contributed by atoms with Gasteiger partial charge in [0, 0.05) is 22.3 Å². The van der Waals surface area contributed by atoms with E-state index in [-0.39, 0.29) is 0 Å². The van der Waals surface area contributed by atoms with Crippen LogP contribution < -0.4 is 0 Å². The lowest BCUT2D eigenvalue weighted by atomic mass is 9.65. The van der Waals surface area contributed by atoms with Crippen LogP contribution in [0.3, 0.4) is 0 Å². The van der Waals surface area contributed by atoms with Gasteiger partial charge in [-0.3, -0.25) is 0 Å². The third-order valence-electron chi connectivity index (χ3n) is 6.97. The van der Waals surface area contributed by atoms with Crippen molar-refractivity contribution in [3.05, 3.63) is 142 Å². The Kier molecular flexibility index (Phi) is 11.0. The van der Waals surface area contributed by atoms with Gasteiger partial charge in [-0.15, -0.1) is 0 Å². The Bertz CT molecular complexity index is 1550. The van der Waals surface area contributed by atoms with E-state index in [2.05, 4.69) is 95.9 Å². The van der Waals surface area contributed by atoms with E-state index in [1.165, 1.54) is 0 Å². The Labute approximate surface area is 266 Å². The Balaban J connectivity index is 2.01. The Morgan fingerprint density at radius 3 is 0.689 bits per heavy atom. The number of benzene rings is 4. The molecule has 0 bridgehead atoms. The van der Waals surface area contributed by atoms with Gasteiger partial charge < -0.3 is 20.4 Å². The highest BCUT2D eigenvalue weighted by molar-refractivity contribution is 5.62. The molecule has 4 aromatic rings. The highest BCUT2D eigenvalue weighted by Crippen LogP contribution is 2.45. The first kappa shape index (κ1) is 32.9. The topological polar surface area (TPSA) is 80.9 Å². The van der Waals surface area contributed by atoms with Crippen LogP contribution in [0.1, 0.15) is 72.2 Å². The maximum absolute atomic E-state index is 9.67. The molecule has 0 saturated carbocycles. The first-order chi connectivity index (χ1) is 21.6. The van der Waals surface area contributed by atoms with Crippen LogP contribution in [-0.4, -0.2) is 44.8 Å². The molecule has 4 rings (SSSR count). The van der Waals surface area contributed by atoms with Crippen molar-refractivity contribution in [3.63, 3.8) is 0 Å². The van der Waals surface area contributed by atoms with E-state index < -0.39 is 29.8 Å². The van der Waals surface area contributed by atoms with Crippen LogP contribution in [0.4, 0.5) is 0 Å². The van der Waals surface area contributed by atoms with Gasteiger partial charge in [-0.1, -0.05) is 95.9 Å². The van der Waals surface area contributed by atoms with E-state index >= 15 is 0 Å². The van der Waals surface area contributed by atoms with Crippen LogP contribution in [-0.2, 0) is 5.41 Å². The molecule has 0 unspecified atom stereocenters. The van der Waals surface area contributed by atoms with Gasteiger partial charge in [-0.05, 0) is 98.5 Å². The SMILES string of the molecule is C[C@H](O)C#Cc1ccc(C(c2ccc(C#C[C@H](C)O)cc2)(c2ccc(C#C[C@H](C)O)cc2)c2ccc(C#C[C@H](C)O)cc2)cc1. The van der Waals surface area contributed by atoms with E-state index in [1.807, 2.05) is 48.5 Å². The standard InChI is InChI=1S/C41H36O4/c1-29(42)5-9-33-13-21-37(22-14-33)41(38-23-15-34(16-24-38)10-6-30(2)43,39-25-17-35(18-26-39)11-7-31(3)44)40-27-19-36(20-28-40)12-8-32(4)45/h13-32,42-45H,1-4H3/t29-,30-,31-,32-/m0/s1. The maximum atomic E-state index is 9.67. The zero-order valence-electron chi connectivity index (χ0n) is 25.8. The smallest absolute Gasteiger partial charge is 0.112 e. The van der Waals surface area contributed by atoms with Crippen molar-refractivity contribution in [2.24, 2.45) is 0 Å². The van der Waals surface area contributed by atoms with Gasteiger partial charge in [0.05, 0.1) is 5.41 Å². The summed E-state index contributed by atoms with van der Waals surface area (Å²) in [5.74, 6) is 23.3. The molecule has 4 N–H and O–H groups in total. The second kappa shape index (κ2) is 15.1. The fourth-order valence-corrected chi connectivity index (χ4v) is 4.97. The lowest BCUT2D eigenvalue weighted by Gasteiger charge is -2.37. The molecule has 0 aliphatic heterocycles. The van der Waals surface area contributed by atoms with E-state index in [0.717, 1.165) is 44.5 Å². The molecule has 0 heterocycles. The summed E-state index contributed by atoms with van der Waals surface area (Å²) in [7, 11) is 0. The summed E-state index contributed by atoms with van der Waals surface area (Å²) in [6, 6.07) is 32.0. The molecule has 4 heteroatoms. The fraction of sp³-hybridized carbons (Fsp3) is 0.220. The Hall–Kier alpha value is -5.04. The van der Waals surface area contributed by atoms with Gasteiger partial charge in [0.1, 0.15) is 24.4 Å². The average Bonchev–Trinajstić information content (AvgIpc) is 3.03. The summed E-state index contributed by atoms with van der Waals surface area (Å²) in [6.07, 6.45) is -2.93. The lowest BCUT2D eigenvalue weighted by molar-refractivity contribution is 0.253. The first-order valence-electron chi connectivity index (χ1n) is 14.8. The second-order valence-electron chi connectivity index (χ2n) is 10.8. The summed E-state index contributed by atoms with van der Waals surface area (Å²) >= 11 is 0. The molecule has 0 aromatic heterocycles. The van der Waals surface area contributed by atoms with Gasteiger partial charge >= 0.3 is 0 Å². The van der Waals surface area contributed by atoms with Crippen molar-refractivity contribution in [2.75, 3.05) is 0 Å². The van der Waals surface area contributed by atoms with Crippen LogP contribution in [0.5, 0.6) is 0 Å². The van der Waals surface area contributed by atoms with E-state index in [1.54, 1.807) is 27.7 Å². The number of aliphatic hydroxyl groups is 4. The number of hydrogen-bond acceptors (Lipinski definition) is 4. The van der Waals surface area contributed by atoms with Crippen LogP contribution in [0, 0.1) is 47.4 Å². The average molecular weight is 593 g/mol. The van der Waals surface area contributed by atoms with E-state index in [9.17, 15) is 20.4 Å². The van der Waals surface area contributed by atoms with Crippen molar-refractivity contribution in [1.82, 2.24) is 0 Å². The fourth-order valence-electron chi connectivity index (χ4n) is 4.97. The van der Waals surface area contributed by atoms with Gasteiger partial charge in [-0.2, -0.15) is 0 Å². The molecule has 45 heavy (non-hydrogen) atoms. The Morgan fingerprint density at radius 2 is 0.533 bits per heavy atom. The molecule has 0 amide bonds. The summed E-state index contributed by atoms with van der Waals surface area (Å²) in [5, 5.41) is 38.7. The van der Waals surface area contributed by atoms with E-state index in [0.29, 0.717) is 0 Å². The van der Waals surface area contributed by atoms with Crippen LogP contribution in [0.25, 0.3) is 0 Å². The summed E-state index contributed by atoms with van der Waals surface area (Å²) in [4.78, 5) is 0. The maximum Gasteiger partial charge on any atom is 0.112 e. The van der Waals surface area contributed by atoms with Crippen molar-refractivity contribution in [3.8, 4) is 47.4 Å². The highest BCUT2D eigenvalue weighted by atomic mass is 16.3. The summed E-state index contributed by atoms with van der Waals surface area (Å²) in [5.41, 5.74) is 6.28. The lowest BCUT2D eigenvalue weighted by Crippen LogP contribution is -2.31. The third kappa shape index (κ3) is 8.54. The van der Waals surface area contributed by atoms with Gasteiger partial charge in [0.15, 0.2) is 0 Å². The normalized spacial score (nSPS) is 13.2. The molecular weight excluding hydrogens is 556 g/mol. The molecule has 0 saturated heterocycles. The van der Waals surface area contributed by atoms with Gasteiger partial charge in [-0.25, -0.2) is 0 Å². The van der Waals surface area contributed by atoms with Crippen molar-refractivity contribution < 1.29 is 20.4 Å². The predicted molar refractivity (Wildman–Crippen MR) is 179 cm³/mol. The van der Waals surface area contributed by atoms with Crippen molar-refractivity contribution in [1.29, 1.82) is 0 Å². The second-order valence-corrected chi connectivity index (χ2v) is 10.8. The largest absolute Gasteiger partial charge is 0.381 e. The van der Waals surface area contributed by atoms with Crippen LogP contribution >= 0.6 is 0 Å². The highest BCUT2D eigenvalue weighted by Gasteiger charge is 2.38. The Morgan fingerprint density at radius 1 is 0.356 bits per heavy atom. The van der Waals surface area contributed by atoms with E-state index in [4.69, 9.17) is 0 Å². The summed E-state index contributed by atoms with van der Waals surface area (Å²) in [6.45, 7) is 6.52. The van der Waals surface area contributed by atoms with Crippen LogP contribution in [0.15, 0.2) is 97.1 Å². The quantitative estimate of drug-likeness (QED) is 0.199. The zero-order chi connectivity index (χ0) is 32.4. The van der Waals surface area contributed by atoms with Gasteiger partial charge in [0.2, 0.25) is 0 Å². The predicted octanol–water partition coefficient (Wildman–Crippen LogP) is 5.00. The third-order valence-corrected chi connectivity index (χ3v) is 6.97. The molecule has 0 spiro atoms. The minimum Gasteiger partial charge on any atom is -0.381 e. The minimum atomic E-state index is -0.793. The number of hydrogen-bond donors (Lipinski definition) is 4. The zero-order valence-corrected chi connectivity index (χ0v) is 25.8. The molecule has 4 atom stereocenters. The monoisotopic (exact) mass is 592 g/mol. The molecule has 224 valence electrons. The molecular formula is C41H36O4. The number of aliphatic hydroxyl groups excluding tert-OH is 4.